The van der Waals surface area contributed by atoms with Crippen molar-refractivity contribution in [3.8, 4) is 0 Å². The second kappa shape index (κ2) is 5.61. The van der Waals surface area contributed by atoms with Crippen molar-refractivity contribution in [2.45, 2.75) is 19.9 Å². The maximum absolute atomic E-state index is 11.7. The first kappa shape index (κ1) is 13.9. The lowest BCUT2D eigenvalue weighted by Crippen LogP contribution is -2.41. The number of nitro groups is 1. The summed E-state index contributed by atoms with van der Waals surface area (Å²) in [6, 6.07) is 4.88. The van der Waals surface area contributed by atoms with Gasteiger partial charge >= 0.3 is 0 Å². The summed E-state index contributed by atoms with van der Waals surface area (Å²) in [6.45, 7) is 4.42. The minimum atomic E-state index is -0.467. The van der Waals surface area contributed by atoms with Gasteiger partial charge in [-0.05, 0) is 19.9 Å². The van der Waals surface area contributed by atoms with Gasteiger partial charge in [0.05, 0.1) is 4.92 Å². The van der Waals surface area contributed by atoms with E-state index in [-0.39, 0.29) is 11.5 Å². The number of carbonyl (C=O) groups excluding carboxylic acids is 1. The minimum absolute atomic E-state index is 0.0343. The molecule has 1 atom stereocenters. The molecule has 1 saturated heterocycles. The Bertz CT molecular complexity index is 519. The molecular weight excluding hydrogens is 264 g/mol. The second-order valence-corrected chi connectivity index (χ2v) is 5.78. The van der Waals surface area contributed by atoms with E-state index in [9.17, 15) is 14.9 Å². The van der Waals surface area contributed by atoms with E-state index in [0.717, 1.165) is 23.7 Å². The average Bonchev–Trinajstić information content (AvgIpc) is 2.38. The van der Waals surface area contributed by atoms with Gasteiger partial charge in [-0.3, -0.25) is 14.9 Å². The van der Waals surface area contributed by atoms with Crippen molar-refractivity contribution in [1.29, 1.82) is 0 Å². The number of nitrogens with zero attached hydrogens (tertiary/aromatic N) is 2. The van der Waals surface area contributed by atoms with Gasteiger partial charge in [0.2, 0.25) is 0 Å². The molecule has 0 N–H and O–H groups in total. The average molecular weight is 280 g/mol. The summed E-state index contributed by atoms with van der Waals surface area (Å²) in [5.74, 6) is 1.89. The lowest BCUT2D eigenvalue weighted by molar-refractivity contribution is -0.384. The van der Waals surface area contributed by atoms with Gasteiger partial charge in [-0.2, -0.15) is 11.8 Å². The summed E-state index contributed by atoms with van der Waals surface area (Å²) in [6.07, 6.45) is 0. The molecule has 102 valence electrons. The van der Waals surface area contributed by atoms with Crippen LogP contribution in [0.2, 0.25) is 0 Å². The fourth-order valence-electron chi connectivity index (χ4n) is 2.26. The number of benzene rings is 1. The number of Topliss-reactive ketones (excluding diaryl/α,β-unsaturated/α-hetero) is 1. The number of hydrogen-bond acceptors (Lipinski definition) is 5. The fourth-order valence-corrected chi connectivity index (χ4v) is 3.27. The van der Waals surface area contributed by atoms with Crippen molar-refractivity contribution < 1.29 is 9.72 Å². The second-order valence-electron chi connectivity index (χ2n) is 4.63. The number of thioether (sulfide) groups is 1. The number of nitro benzene ring substituents is 1. The maximum Gasteiger partial charge on any atom is 0.270 e. The van der Waals surface area contributed by atoms with Gasteiger partial charge in [-0.1, -0.05) is 0 Å². The van der Waals surface area contributed by atoms with Crippen molar-refractivity contribution in [3.05, 3.63) is 33.9 Å². The largest absolute Gasteiger partial charge is 0.367 e. The van der Waals surface area contributed by atoms with Crippen LogP contribution < -0.4 is 4.90 Å². The molecule has 0 aliphatic carbocycles. The summed E-state index contributed by atoms with van der Waals surface area (Å²) in [4.78, 5) is 24.2. The molecule has 1 aliphatic heterocycles. The van der Waals surface area contributed by atoms with Crippen LogP contribution in [0.3, 0.4) is 0 Å². The SMILES string of the molecule is CC(=O)c1cc([N+](=O)[O-])ccc1N1CCSCC1C. The van der Waals surface area contributed by atoms with Gasteiger partial charge in [-0.25, -0.2) is 0 Å². The van der Waals surface area contributed by atoms with Crippen LogP contribution in [0.15, 0.2) is 18.2 Å². The topological polar surface area (TPSA) is 63.4 Å². The van der Waals surface area contributed by atoms with E-state index in [4.69, 9.17) is 0 Å². The number of hydrogen-bond donors (Lipinski definition) is 0. The van der Waals surface area contributed by atoms with Crippen LogP contribution in [-0.4, -0.2) is 34.8 Å². The Hall–Kier alpha value is -1.56. The van der Waals surface area contributed by atoms with E-state index in [0.29, 0.717) is 11.6 Å². The van der Waals surface area contributed by atoms with E-state index in [2.05, 4.69) is 11.8 Å². The molecule has 0 bridgehead atoms. The number of non-ortho nitro benzene ring substituents is 1. The van der Waals surface area contributed by atoms with E-state index in [1.165, 1.54) is 19.1 Å². The molecule has 19 heavy (non-hydrogen) atoms. The maximum atomic E-state index is 11.7. The molecule has 0 amide bonds. The van der Waals surface area contributed by atoms with Crippen molar-refractivity contribution in [2.24, 2.45) is 0 Å². The van der Waals surface area contributed by atoms with Gasteiger partial charge in [0.15, 0.2) is 5.78 Å². The Kier molecular flexibility index (Phi) is 4.09. The zero-order valence-corrected chi connectivity index (χ0v) is 11.8. The molecule has 0 radical (unpaired) electrons. The van der Waals surface area contributed by atoms with E-state index in [1.54, 1.807) is 6.07 Å². The lowest BCUT2D eigenvalue weighted by atomic mass is 10.1. The number of carbonyl (C=O) groups is 1. The standard InChI is InChI=1S/C13H16N2O3S/c1-9-8-19-6-5-14(9)13-4-3-11(15(17)18)7-12(13)10(2)16/h3-4,7,9H,5-6,8H2,1-2H3. The van der Waals surface area contributed by atoms with E-state index in [1.807, 2.05) is 11.8 Å². The Morgan fingerprint density at radius 2 is 2.26 bits per heavy atom. The van der Waals surface area contributed by atoms with Crippen LogP contribution in [0, 0.1) is 10.1 Å². The third kappa shape index (κ3) is 2.89. The highest BCUT2D eigenvalue weighted by molar-refractivity contribution is 7.99. The molecular formula is C13H16N2O3S. The molecule has 1 fully saturated rings. The summed E-state index contributed by atoms with van der Waals surface area (Å²) in [5, 5.41) is 10.8. The van der Waals surface area contributed by atoms with E-state index >= 15 is 0 Å². The quantitative estimate of drug-likeness (QED) is 0.484. The lowest BCUT2D eigenvalue weighted by Gasteiger charge is -2.36. The highest BCUT2D eigenvalue weighted by Gasteiger charge is 2.24. The van der Waals surface area contributed by atoms with Crippen LogP contribution >= 0.6 is 11.8 Å². The Morgan fingerprint density at radius 3 is 2.84 bits per heavy atom. The zero-order valence-electron chi connectivity index (χ0n) is 11.0. The van der Waals surface area contributed by atoms with Crippen LogP contribution in [0.4, 0.5) is 11.4 Å². The number of rotatable bonds is 3. The number of ketones is 1. The van der Waals surface area contributed by atoms with Gasteiger partial charge in [0.1, 0.15) is 0 Å². The van der Waals surface area contributed by atoms with Gasteiger partial charge in [-0.15, -0.1) is 0 Å². The summed E-state index contributed by atoms with van der Waals surface area (Å²) in [5.41, 5.74) is 1.21. The Balaban J connectivity index is 2.44. The smallest absolute Gasteiger partial charge is 0.270 e. The third-order valence-corrected chi connectivity index (χ3v) is 4.44. The molecule has 1 heterocycles. The minimum Gasteiger partial charge on any atom is -0.367 e. The highest BCUT2D eigenvalue weighted by atomic mass is 32.2. The first-order valence-electron chi connectivity index (χ1n) is 6.14. The molecule has 1 unspecified atom stereocenters. The normalized spacial score (nSPS) is 19.3. The predicted molar refractivity (Wildman–Crippen MR) is 77.2 cm³/mol. The summed E-state index contributed by atoms with van der Waals surface area (Å²) < 4.78 is 0. The fraction of sp³-hybridized carbons (Fsp3) is 0.462. The zero-order chi connectivity index (χ0) is 14.0. The van der Waals surface area contributed by atoms with Crippen LogP contribution in [-0.2, 0) is 0 Å². The molecule has 1 aromatic carbocycles. The molecule has 6 heteroatoms. The molecule has 0 saturated carbocycles. The van der Waals surface area contributed by atoms with Crippen LogP contribution in [0.25, 0.3) is 0 Å². The van der Waals surface area contributed by atoms with Gasteiger partial charge in [0, 0.05) is 47.5 Å². The molecule has 0 spiro atoms. The van der Waals surface area contributed by atoms with Gasteiger partial charge < -0.3 is 4.90 Å². The molecule has 0 aromatic heterocycles. The third-order valence-electron chi connectivity index (χ3n) is 3.25. The molecule has 5 nitrogen and oxygen atoms in total. The van der Waals surface area contributed by atoms with Crippen LogP contribution in [0.1, 0.15) is 24.2 Å². The van der Waals surface area contributed by atoms with Crippen molar-refractivity contribution in [2.75, 3.05) is 23.0 Å². The Morgan fingerprint density at radius 1 is 1.53 bits per heavy atom. The molecule has 1 aliphatic rings. The molecule has 1 aromatic rings. The van der Waals surface area contributed by atoms with Crippen molar-refractivity contribution in [3.63, 3.8) is 0 Å². The van der Waals surface area contributed by atoms with Crippen molar-refractivity contribution in [1.82, 2.24) is 0 Å². The monoisotopic (exact) mass is 280 g/mol. The van der Waals surface area contributed by atoms with E-state index < -0.39 is 4.92 Å². The summed E-state index contributed by atoms with van der Waals surface area (Å²) in [7, 11) is 0. The first-order chi connectivity index (χ1) is 9.00. The van der Waals surface area contributed by atoms with Crippen molar-refractivity contribution >= 4 is 28.9 Å². The van der Waals surface area contributed by atoms with Crippen LogP contribution in [0.5, 0.6) is 0 Å². The highest BCUT2D eigenvalue weighted by Crippen LogP contribution is 2.30. The predicted octanol–water partition coefficient (Wildman–Crippen LogP) is 2.74. The Labute approximate surface area is 116 Å². The molecule has 2 rings (SSSR count). The first-order valence-corrected chi connectivity index (χ1v) is 7.30. The number of anilines is 1. The van der Waals surface area contributed by atoms with Gasteiger partial charge in [0.25, 0.3) is 5.69 Å². The summed E-state index contributed by atoms with van der Waals surface area (Å²) >= 11 is 1.89.